The molecule has 0 fully saturated rings. The van der Waals surface area contributed by atoms with Crippen molar-refractivity contribution in [2.24, 2.45) is 0 Å². The van der Waals surface area contributed by atoms with Crippen molar-refractivity contribution in [2.75, 3.05) is 18.0 Å². The number of likely N-dealkylation sites (N-methyl/N-ethyl adjacent to an activating group) is 1. The van der Waals surface area contributed by atoms with Crippen LogP contribution in [0.1, 0.15) is 31.9 Å². The van der Waals surface area contributed by atoms with Crippen molar-refractivity contribution in [3.8, 4) is 0 Å². The van der Waals surface area contributed by atoms with Crippen LogP contribution in [0.3, 0.4) is 0 Å². The largest absolute Gasteiger partial charge is 0.363 e. The van der Waals surface area contributed by atoms with Crippen molar-refractivity contribution >= 4 is 11.6 Å². The summed E-state index contributed by atoms with van der Waals surface area (Å²) >= 11 is 0. The maximum absolute atomic E-state index is 12.4. The van der Waals surface area contributed by atoms with Gasteiger partial charge in [-0.1, -0.05) is 55.5 Å². The number of nitrogens with one attached hydrogen (secondary N) is 1. The van der Waals surface area contributed by atoms with Crippen LogP contribution < -0.4 is 10.2 Å². The highest BCUT2D eigenvalue weighted by atomic mass is 16.2. The zero-order chi connectivity index (χ0) is 15.8. The molecule has 1 unspecified atom stereocenters. The fourth-order valence-electron chi connectivity index (χ4n) is 2.54. The standard InChI is InChI=1S/C19H24N2O/c1-3-18(16-11-7-5-8-12-16)20-19(22)15-21(4-2)17-13-9-6-10-14-17/h5-14,18H,3-4,15H2,1-2H3,(H,20,22). The van der Waals surface area contributed by atoms with Gasteiger partial charge in [0.1, 0.15) is 0 Å². The van der Waals surface area contributed by atoms with E-state index in [-0.39, 0.29) is 11.9 Å². The molecule has 3 nitrogen and oxygen atoms in total. The van der Waals surface area contributed by atoms with Gasteiger partial charge < -0.3 is 10.2 Å². The van der Waals surface area contributed by atoms with Crippen LogP contribution in [-0.2, 0) is 4.79 Å². The Balaban J connectivity index is 1.99. The zero-order valence-corrected chi connectivity index (χ0v) is 13.3. The molecular weight excluding hydrogens is 272 g/mol. The molecule has 0 saturated carbocycles. The minimum absolute atomic E-state index is 0.0569. The minimum atomic E-state index is 0.0569. The highest BCUT2D eigenvalue weighted by Gasteiger charge is 2.15. The Labute approximate surface area is 133 Å². The Bertz CT molecular complexity index is 517. The van der Waals surface area contributed by atoms with E-state index >= 15 is 0 Å². The van der Waals surface area contributed by atoms with Gasteiger partial charge >= 0.3 is 0 Å². The normalized spacial score (nSPS) is 11.7. The Hall–Kier alpha value is -2.29. The highest BCUT2D eigenvalue weighted by Crippen LogP contribution is 2.16. The summed E-state index contributed by atoms with van der Waals surface area (Å²) in [6.45, 7) is 5.34. The lowest BCUT2D eigenvalue weighted by molar-refractivity contribution is -0.120. The van der Waals surface area contributed by atoms with E-state index in [1.54, 1.807) is 0 Å². The molecule has 1 amide bonds. The SMILES string of the molecule is CCC(NC(=O)CN(CC)c1ccccc1)c1ccccc1. The lowest BCUT2D eigenvalue weighted by Gasteiger charge is -2.24. The zero-order valence-electron chi connectivity index (χ0n) is 13.3. The number of carbonyl (C=O) groups excluding carboxylic acids is 1. The second-order valence-electron chi connectivity index (χ2n) is 5.29. The summed E-state index contributed by atoms with van der Waals surface area (Å²) in [6, 6.07) is 20.2. The predicted molar refractivity (Wildman–Crippen MR) is 91.9 cm³/mol. The first kappa shape index (κ1) is 16.1. The van der Waals surface area contributed by atoms with Gasteiger partial charge in [-0.3, -0.25) is 4.79 Å². The molecule has 2 rings (SSSR count). The van der Waals surface area contributed by atoms with Crippen molar-refractivity contribution in [3.63, 3.8) is 0 Å². The van der Waals surface area contributed by atoms with Gasteiger partial charge in [-0.2, -0.15) is 0 Å². The molecular formula is C19H24N2O. The van der Waals surface area contributed by atoms with E-state index in [4.69, 9.17) is 0 Å². The van der Waals surface area contributed by atoms with Gasteiger partial charge in [0.15, 0.2) is 0 Å². The first-order chi connectivity index (χ1) is 10.7. The van der Waals surface area contributed by atoms with Gasteiger partial charge in [-0.25, -0.2) is 0 Å². The molecule has 0 aliphatic rings. The number of nitrogens with zero attached hydrogens (tertiary/aromatic N) is 1. The van der Waals surface area contributed by atoms with Crippen molar-refractivity contribution in [2.45, 2.75) is 26.3 Å². The molecule has 3 heteroatoms. The summed E-state index contributed by atoms with van der Waals surface area (Å²) in [4.78, 5) is 14.5. The van der Waals surface area contributed by atoms with Gasteiger partial charge in [0.05, 0.1) is 12.6 Å². The van der Waals surface area contributed by atoms with Gasteiger partial charge in [0.2, 0.25) is 5.91 Å². The van der Waals surface area contributed by atoms with Crippen LogP contribution in [0.4, 0.5) is 5.69 Å². The van der Waals surface area contributed by atoms with Crippen molar-refractivity contribution < 1.29 is 4.79 Å². The smallest absolute Gasteiger partial charge is 0.239 e. The van der Waals surface area contributed by atoms with Crippen LogP contribution >= 0.6 is 0 Å². The summed E-state index contributed by atoms with van der Waals surface area (Å²) in [5.41, 5.74) is 2.23. The number of amides is 1. The molecule has 2 aromatic rings. The van der Waals surface area contributed by atoms with E-state index in [0.29, 0.717) is 6.54 Å². The maximum Gasteiger partial charge on any atom is 0.239 e. The van der Waals surface area contributed by atoms with Crippen LogP contribution in [0.2, 0.25) is 0 Å². The summed E-state index contributed by atoms with van der Waals surface area (Å²) in [6.07, 6.45) is 0.882. The van der Waals surface area contributed by atoms with E-state index in [9.17, 15) is 4.79 Å². The van der Waals surface area contributed by atoms with Crippen molar-refractivity contribution in [1.82, 2.24) is 5.32 Å². The molecule has 0 aromatic heterocycles. The molecule has 116 valence electrons. The predicted octanol–water partition coefficient (Wildman–Crippen LogP) is 3.78. The summed E-state index contributed by atoms with van der Waals surface area (Å²) in [7, 11) is 0. The van der Waals surface area contributed by atoms with Crippen LogP contribution in [-0.4, -0.2) is 19.0 Å². The maximum atomic E-state index is 12.4. The summed E-state index contributed by atoms with van der Waals surface area (Å²) in [5, 5.41) is 3.14. The average Bonchev–Trinajstić information content (AvgIpc) is 2.59. The van der Waals surface area contributed by atoms with Gasteiger partial charge in [0.25, 0.3) is 0 Å². The number of para-hydroxylation sites is 1. The summed E-state index contributed by atoms with van der Waals surface area (Å²) < 4.78 is 0. The number of hydrogen-bond acceptors (Lipinski definition) is 2. The molecule has 0 radical (unpaired) electrons. The number of rotatable bonds is 7. The lowest BCUT2D eigenvalue weighted by atomic mass is 10.0. The van der Waals surface area contributed by atoms with Gasteiger partial charge in [-0.05, 0) is 31.0 Å². The van der Waals surface area contributed by atoms with E-state index in [1.165, 1.54) is 0 Å². The average molecular weight is 296 g/mol. The van der Waals surface area contributed by atoms with Crippen molar-refractivity contribution in [3.05, 3.63) is 66.2 Å². The Morgan fingerprint density at radius 3 is 2.14 bits per heavy atom. The van der Waals surface area contributed by atoms with Crippen LogP contribution in [0.15, 0.2) is 60.7 Å². The van der Waals surface area contributed by atoms with E-state index in [2.05, 4.69) is 36.2 Å². The van der Waals surface area contributed by atoms with Gasteiger partial charge in [-0.15, -0.1) is 0 Å². The third-order valence-electron chi connectivity index (χ3n) is 3.78. The summed E-state index contributed by atoms with van der Waals surface area (Å²) in [5.74, 6) is 0.0569. The molecule has 2 aromatic carbocycles. The number of carbonyl (C=O) groups is 1. The molecule has 0 saturated heterocycles. The third kappa shape index (κ3) is 4.35. The second-order valence-corrected chi connectivity index (χ2v) is 5.29. The second kappa shape index (κ2) is 8.23. The lowest BCUT2D eigenvalue weighted by Crippen LogP contribution is -2.38. The van der Waals surface area contributed by atoms with E-state index in [1.807, 2.05) is 48.5 Å². The molecule has 1 atom stereocenters. The fourth-order valence-corrected chi connectivity index (χ4v) is 2.54. The quantitative estimate of drug-likeness (QED) is 0.843. The van der Waals surface area contributed by atoms with Crippen LogP contribution in [0.25, 0.3) is 0 Å². The van der Waals surface area contributed by atoms with Crippen molar-refractivity contribution in [1.29, 1.82) is 0 Å². The Kier molecular flexibility index (Phi) is 6.01. The molecule has 0 heterocycles. The third-order valence-corrected chi connectivity index (χ3v) is 3.78. The minimum Gasteiger partial charge on any atom is -0.363 e. The number of benzene rings is 2. The van der Waals surface area contributed by atoms with E-state index in [0.717, 1.165) is 24.2 Å². The van der Waals surface area contributed by atoms with Crippen LogP contribution in [0.5, 0.6) is 0 Å². The Morgan fingerprint density at radius 2 is 1.59 bits per heavy atom. The molecule has 0 bridgehead atoms. The first-order valence-corrected chi connectivity index (χ1v) is 7.88. The molecule has 0 spiro atoms. The van der Waals surface area contributed by atoms with E-state index < -0.39 is 0 Å². The number of hydrogen-bond donors (Lipinski definition) is 1. The Morgan fingerprint density at radius 1 is 1.00 bits per heavy atom. The van der Waals surface area contributed by atoms with Crippen LogP contribution in [0, 0.1) is 0 Å². The van der Waals surface area contributed by atoms with Gasteiger partial charge in [0, 0.05) is 12.2 Å². The topological polar surface area (TPSA) is 32.3 Å². The molecule has 22 heavy (non-hydrogen) atoms. The monoisotopic (exact) mass is 296 g/mol. The number of anilines is 1. The molecule has 0 aliphatic carbocycles. The molecule has 1 N–H and O–H groups in total. The first-order valence-electron chi connectivity index (χ1n) is 7.88. The fraction of sp³-hybridized carbons (Fsp3) is 0.316. The molecule has 0 aliphatic heterocycles. The highest BCUT2D eigenvalue weighted by molar-refractivity contribution is 5.81.